The molecule has 0 bridgehead atoms. The van der Waals surface area contributed by atoms with E-state index in [0.717, 1.165) is 5.92 Å². The summed E-state index contributed by atoms with van der Waals surface area (Å²) in [4.78, 5) is 0. The van der Waals surface area contributed by atoms with Gasteiger partial charge in [-0.15, -0.1) is 5.10 Å². The van der Waals surface area contributed by atoms with Crippen molar-refractivity contribution < 1.29 is 4.42 Å². The Morgan fingerprint density at radius 3 is 2.71 bits per heavy atom. The summed E-state index contributed by atoms with van der Waals surface area (Å²) in [6, 6.07) is 1.08. The number of aromatic nitrogens is 2. The molecule has 0 spiro atoms. The van der Waals surface area contributed by atoms with Gasteiger partial charge in [0.05, 0.1) is 6.54 Å². The normalized spacial score (nSPS) is 23.8. The number of hydrogen-bond donors (Lipinski definition) is 2. The Hall–Kier alpha value is -1.10. The second-order valence-electron chi connectivity index (χ2n) is 5.76. The smallest absolute Gasteiger partial charge is 0.315 e. The minimum Gasteiger partial charge on any atom is -0.407 e. The Bertz CT molecular complexity index is 369. The molecule has 1 fully saturated rings. The zero-order valence-corrected chi connectivity index (χ0v) is 11.1. The van der Waals surface area contributed by atoms with Crippen molar-refractivity contribution in [1.29, 1.82) is 0 Å². The molecule has 1 heterocycles. The minimum atomic E-state index is 0.0614. The van der Waals surface area contributed by atoms with Crippen LogP contribution in [0.5, 0.6) is 0 Å². The molecule has 1 aromatic rings. The summed E-state index contributed by atoms with van der Waals surface area (Å²) in [7, 11) is 0. The molecule has 1 aliphatic carbocycles. The summed E-state index contributed by atoms with van der Waals surface area (Å²) in [6.07, 6.45) is 2.43. The van der Waals surface area contributed by atoms with Crippen LogP contribution in [0.3, 0.4) is 0 Å². The molecular formula is C12H22N4O. The molecule has 2 N–H and O–H groups in total. The Morgan fingerprint density at radius 1 is 1.35 bits per heavy atom. The molecule has 2 atom stereocenters. The van der Waals surface area contributed by atoms with Crippen LogP contribution >= 0.6 is 0 Å². The van der Waals surface area contributed by atoms with Gasteiger partial charge in [0.2, 0.25) is 5.89 Å². The number of anilines is 1. The molecular weight excluding hydrogens is 216 g/mol. The van der Waals surface area contributed by atoms with Gasteiger partial charge in [-0.05, 0) is 33.1 Å². The summed E-state index contributed by atoms with van der Waals surface area (Å²) in [5.74, 6) is 1.41. The molecule has 96 valence electrons. The van der Waals surface area contributed by atoms with Crippen LogP contribution in [0.15, 0.2) is 4.42 Å². The molecule has 0 amide bonds. The van der Waals surface area contributed by atoms with Crippen molar-refractivity contribution in [3.8, 4) is 0 Å². The number of hydrogen-bond acceptors (Lipinski definition) is 5. The van der Waals surface area contributed by atoms with Gasteiger partial charge in [0.15, 0.2) is 0 Å². The number of nitrogens with zero attached hydrogens (tertiary/aromatic N) is 2. The maximum absolute atomic E-state index is 5.53. The Morgan fingerprint density at radius 2 is 2.12 bits per heavy atom. The van der Waals surface area contributed by atoms with Crippen LogP contribution in [-0.4, -0.2) is 21.8 Å². The first-order valence-electron chi connectivity index (χ1n) is 6.32. The molecule has 1 aliphatic rings. The maximum atomic E-state index is 5.53. The molecule has 5 nitrogen and oxygen atoms in total. The summed E-state index contributed by atoms with van der Waals surface area (Å²) < 4.78 is 5.53. The van der Waals surface area contributed by atoms with Crippen LogP contribution in [0.1, 0.15) is 46.4 Å². The van der Waals surface area contributed by atoms with Crippen molar-refractivity contribution in [2.75, 3.05) is 5.32 Å². The van der Waals surface area contributed by atoms with Crippen molar-refractivity contribution >= 4 is 6.01 Å². The van der Waals surface area contributed by atoms with E-state index in [1.165, 1.54) is 12.8 Å². The summed E-state index contributed by atoms with van der Waals surface area (Å²) in [6.45, 7) is 9.15. The number of nitrogens with one attached hydrogen (secondary N) is 2. The average Bonchev–Trinajstić information content (AvgIpc) is 2.82. The molecule has 17 heavy (non-hydrogen) atoms. The first-order valence-corrected chi connectivity index (χ1v) is 6.32. The molecule has 0 radical (unpaired) electrons. The SMILES string of the molecule is CCC1CC1Nc1nnc(CNC(C)(C)C)o1. The highest BCUT2D eigenvalue weighted by Crippen LogP contribution is 2.35. The van der Waals surface area contributed by atoms with Gasteiger partial charge in [0.1, 0.15) is 0 Å². The fourth-order valence-electron chi connectivity index (χ4n) is 1.76. The van der Waals surface area contributed by atoms with Crippen molar-refractivity contribution in [3.05, 3.63) is 5.89 Å². The molecule has 2 unspecified atom stereocenters. The van der Waals surface area contributed by atoms with Crippen molar-refractivity contribution in [2.45, 2.75) is 58.7 Å². The standard InChI is InChI=1S/C12H22N4O/c1-5-8-6-9(8)14-11-16-15-10(17-11)7-13-12(2,3)4/h8-9,13H,5-7H2,1-4H3,(H,14,16). The molecule has 0 aromatic carbocycles. The fourth-order valence-corrected chi connectivity index (χ4v) is 1.76. The number of rotatable bonds is 5. The average molecular weight is 238 g/mol. The Labute approximate surface area is 102 Å². The second kappa shape index (κ2) is 4.64. The van der Waals surface area contributed by atoms with Gasteiger partial charge in [-0.25, -0.2) is 0 Å². The molecule has 5 heteroatoms. The van der Waals surface area contributed by atoms with E-state index < -0.39 is 0 Å². The Balaban J connectivity index is 1.80. The third kappa shape index (κ3) is 3.70. The van der Waals surface area contributed by atoms with E-state index >= 15 is 0 Å². The van der Waals surface area contributed by atoms with Gasteiger partial charge in [-0.1, -0.05) is 18.4 Å². The van der Waals surface area contributed by atoms with E-state index in [9.17, 15) is 0 Å². The van der Waals surface area contributed by atoms with Gasteiger partial charge < -0.3 is 15.1 Å². The van der Waals surface area contributed by atoms with Crippen molar-refractivity contribution in [2.24, 2.45) is 5.92 Å². The van der Waals surface area contributed by atoms with E-state index in [0.29, 0.717) is 24.5 Å². The van der Waals surface area contributed by atoms with Gasteiger partial charge in [-0.2, -0.15) is 0 Å². The molecule has 2 rings (SSSR count). The fraction of sp³-hybridized carbons (Fsp3) is 0.833. The van der Waals surface area contributed by atoms with E-state index in [-0.39, 0.29) is 5.54 Å². The van der Waals surface area contributed by atoms with Crippen LogP contribution in [-0.2, 0) is 6.54 Å². The van der Waals surface area contributed by atoms with E-state index in [4.69, 9.17) is 4.42 Å². The van der Waals surface area contributed by atoms with Crippen LogP contribution in [0.25, 0.3) is 0 Å². The van der Waals surface area contributed by atoms with Crippen molar-refractivity contribution in [3.63, 3.8) is 0 Å². The molecule has 1 aromatic heterocycles. The predicted molar refractivity (Wildman–Crippen MR) is 66.7 cm³/mol. The Kier molecular flexibility index (Phi) is 3.38. The topological polar surface area (TPSA) is 63.0 Å². The highest BCUT2D eigenvalue weighted by Gasteiger charge is 2.36. The lowest BCUT2D eigenvalue weighted by Crippen LogP contribution is -2.35. The lowest BCUT2D eigenvalue weighted by atomic mass is 10.1. The highest BCUT2D eigenvalue weighted by atomic mass is 16.4. The van der Waals surface area contributed by atoms with Crippen LogP contribution < -0.4 is 10.6 Å². The zero-order valence-electron chi connectivity index (χ0n) is 11.1. The highest BCUT2D eigenvalue weighted by molar-refractivity contribution is 5.24. The van der Waals surface area contributed by atoms with Gasteiger partial charge in [0, 0.05) is 11.6 Å². The minimum absolute atomic E-state index is 0.0614. The lowest BCUT2D eigenvalue weighted by Gasteiger charge is -2.18. The first-order chi connectivity index (χ1) is 7.98. The van der Waals surface area contributed by atoms with Gasteiger partial charge >= 0.3 is 6.01 Å². The van der Waals surface area contributed by atoms with Crippen LogP contribution in [0.2, 0.25) is 0 Å². The van der Waals surface area contributed by atoms with E-state index in [1.807, 2.05) is 0 Å². The predicted octanol–water partition coefficient (Wildman–Crippen LogP) is 2.17. The molecule has 1 saturated carbocycles. The van der Waals surface area contributed by atoms with Crippen LogP contribution in [0.4, 0.5) is 6.01 Å². The second-order valence-corrected chi connectivity index (χ2v) is 5.76. The third-order valence-electron chi connectivity index (χ3n) is 2.99. The van der Waals surface area contributed by atoms with Gasteiger partial charge in [-0.3, -0.25) is 0 Å². The monoisotopic (exact) mass is 238 g/mol. The summed E-state index contributed by atoms with van der Waals surface area (Å²) >= 11 is 0. The van der Waals surface area contributed by atoms with Gasteiger partial charge in [0.25, 0.3) is 0 Å². The van der Waals surface area contributed by atoms with E-state index in [2.05, 4.69) is 48.5 Å². The van der Waals surface area contributed by atoms with Crippen molar-refractivity contribution in [1.82, 2.24) is 15.5 Å². The first kappa shape index (κ1) is 12.4. The molecule has 0 saturated heterocycles. The quantitative estimate of drug-likeness (QED) is 0.823. The van der Waals surface area contributed by atoms with E-state index in [1.54, 1.807) is 0 Å². The molecule has 0 aliphatic heterocycles. The summed E-state index contributed by atoms with van der Waals surface area (Å²) in [5, 5.41) is 14.6. The maximum Gasteiger partial charge on any atom is 0.315 e. The van der Waals surface area contributed by atoms with Crippen LogP contribution in [0, 0.1) is 5.92 Å². The third-order valence-corrected chi connectivity index (χ3v) is 2.99. The zero-order chi connectivity index (χ0) is 12.5. The lowest BCUT2D eigenvalue weighted by molar-refractivity contribution is 0.383. The summed E-state index contributed by atoms with van der Waals surface area (Å²) in [5.41, 5.74) is 0.0614. The largest absolute Gasteiger partial charge is 0.407 e.